The van der Waals surface area contributed by atoms with Crippen molar-refractivity contribution in [2.75, 3.05) is 6.79 Å². The summed E-state index contributed by atoms with van der Waals surface area (Å²) in [5.41, 5.74) is 4.07. The van der Waals surface area contributed by atoms with Crippen LogP contribution in [0.5, 0.6) is 11.5 Å². The van der Waals surface area contributed by atoms with Crippen LogP contribution in [0.15, 0.2) is 72.8 Å². The molecule has 0 saturated heterocycles. The molecule has 0 amide bonds. The number of aromatic amines is 1. The highest BCUT2D eigenvalue weighted by molar-refractivity contribution is 7.52. The Morgan fingerprint density at radius 3 is 2.39 bits per heavy atom. The second kappa shape index (κ2) is 10.6. The van der Waals surface area contributed by atoms with Gasteiger partial charge in [-0.1, -0.05) is 60.7 Å². The van der Waals surface area contributed by atoms with E-state index < -0.39 is 19.4 Å². The maximum Gasteiger partial charge on any atom is 0.342 e. The molecule has 1 aromatic heterocycles. The Kier molecular flexibility index (Phi) is 7.11. The van der Waals surface area contributed by atoms with Crippen LogP contribution in [0.4, 0.5) is 0 Å². The van der Waals surface area contributed by atoms with Gasteiger partial charge in [-0.15, -0.1) is 5.10 Å². The first-order valence-corrected chi connectivity index (χ1v) is 13.2. The van der Waals surface area contributed by atoms with Crippen molar-refractivity contribution in [3.8, 4) is 22.6 Å². The van der Waals surface area contributed by atoms with Gasteiger partial charge in [-0.2, -0.15) is 0 Å². The standard InChI is InChI=1S/C25H26N5O5P/c31-36(32,33)24(13-9-18-8-12-22-23(15-18)35-16-34-22)26-21(25-27-29-30-28-25)14-17-6-10-20(11-7-17)19-4-2-1-3-5-19/h1-8,10-12,15,21,24,26H,9,13-14,16H2,(H2,31,32,33)(H,27,28,29,30). The van der Waals surface area contributed by atoms with Crippen LogP contribution in [0.2, 0.25) is 0 Å². The van der Waals surface area contributed by atoms with E-state index in [2.05, 4.69) is 25.9 Å². The summed E-state index contributed by atoms with van der Waals surface area (Å²) in [5.74, 6) is 0.614. The summed E-state index contributed by atoms with van der Waals surface area (Å²) < 4.78 is 23.2. The number of rotatable bonds is 10. The molecular formula is C25H26N5O5P. The first-order chi connectivity index (χ1) is 17.5. The third kappa shape index (κ3) is 5.80. The normalized spacial score (nSPS) is 14.5. The smallest absolute Gasteiger partial charge is 0.342 e. The summed E-state index contributed by atoms with van der Waals surface area (Å²) in [6.45, 7) is 0.171. The number of ether oxygens (including phenoxy) is 2. The monoisotopic (exact) mass is 507 g/mol. The number of H-pyrrole nitrogens is 1. The minimum Gasteiger partial charge on any atom is -0.454 e. The molecule has 0 radical (unpaired) electrons. The average Bonchev–Trinajstić information content (AvgIpc) is 3.58. The molecule has 3 aromatic carbocycles. The molecule has 0 spiro atoms. The van der Waals surface area contributed by atoms with E-state index in [1.54, 1.807) is 6.07 Å². The molecule has 4 N–H and O–H groups in total. The lowest BCUT2D eigenvalue weighted by atomic mass is 10.00. The third-order valence-electron chi connectivity index (χ3n) is 6.14. The zero-order chi connectivity index (χ0) is 25.0. The summed E-state index contributed by atoms with van der Waals surface area (Å²) in [5, 5.41) is 17.2. The zero-order valence-corrected chi connectivity index (χ0v) is 20.2. The topological polar surface area (TPSA) is 142 Å². The average molecular weight is 507 g/mol. The van der Waals surface area contributed by atoms with Crippen molar-refractivity contribution in [1.29, 1.82) is 0 Å². The first kappa shape index (κ1) is 24.1. The number of nitrogens with zero attached hydrogens (tertiary/aromatic N) is 3. The van der Waals surface area contributed by atoms with E-state index in [-0.39, 0.29) is 13.2 Å². The molecule has 0 bridgehead atoms. The van der Waals surface area contributed by atoms with Crippen molar-refractivity contribution in [3.63, 3.8) is 0 Å². The van der Waals surface area contributed by atoms with Crippen molar-refractivity contribution in [2.24, 2.45) is 0 Å². The van der Waals surface area contributed by atoms with E-state index in [9.17, 15) is 14.4 Å². The van der Waals surface area contributed by atoms with E-state index in [4.69, 9.17) is 9.47 Å². The van der Waals surface area contributed by atoms with Gasteiger partial charge in [-0.05, 0) is 64.1 Å². The van der Waals surface area contributed by atoms with Crippen molar-refractivity contribution < 1.29 is 23.8 Å². The second-order valence-electron chi connectivity index (χ2n) is 8.60. The maximum absolute atomic E-state index is 12.4. The summed E-state index contributed by atoms with van der Waals surface area (Å²) in [6, 6.07) is 23.1. The van der Waals surface area contributed by atoms with Gasteiger partial charge in [-0.25, -0.2) is 5.10 Å². The molecule has 10 nitrogen and oxygen atoms in total. The highest BCUT2D eigenvalue weighted by atomic mass is 31.2. The number of hydrogen-bond acceptors (Lipinski definition) is 7. The van der Waals surface area contributed by atoms with Gasteiger partial charge in [0.15, 0.2) is 17.3 Å². The van der Waals surface area contributed by atoms with E-state index in [1.165, 1.54) is 0 Å². The van der Waals surface area contributed by atoms with Crippen LogP contribution >= 0.6 is 7.60 Å². The van der Waals surface area contributed by atoms with Crippen LogP contribution in [0.1, 0.15) is 29.4 Å². The molecule has 0 aliphatic carbocycles. The van der Waals surface area contributed by atoms with Gasteiger partial charge in [0.1, 0.15) is 5.78 Å². The minimum absolute atomic E-state index is 0.171. The summed E-state index contributed by atoms with van der Waals surface area (Å²) >= 11 is 0. The van der Waals surface area contributed by atoms with Gasteiger partial charge < -0.3 is 19.3 Å². The summed E-state index contributed by atoms with van der Waals surface area (Å²) in [4.78, 5) is 20.3. The number of aryl methyl sites for hydroxylation is 1. The Labute approximate surface area is 207 Å². The lowest BCUT2D eigenvalue weighted by Gasteiger charge is -2.25. The van der Waals surface area contributed by atoms with Gasteiger partial charge in [-0.3, -0.25) is 9.88 Å². The maximum atomic E-state index is 12.4. The Hall–Kier alpha value is -3.56. The van der Waals surface area contributed by atoms with Gasteiger partial charge in [0.2, 0.25) is 6.79 Å². The molecule has 2 atom stereocenters. The van der Waals surface area contributed by atoms with Crippen molar-refractivity contribution >= 4 is 7.60 Å². The van der Waals surface area contributed by atoms with E-state index in [0.717, 1.165) is 22.3 Å². The van der Waals surface area contributed by atoms with Gasteiger partial charge >= 0.3 is 7.60 Å². The highest BCUT2D eigenvalue weighted by Gasteiger charge is 2.32. The largest absolute Gasteiger partial charge is 0.454 e. The van der Waals surface area contributed by atoms with Crippen LogP contribution < -0.4 is 14.8 Å². The number of nitrogens with one attached hydrogen (secondary N) is 2. The van der Waals surface area contributed by atoms with E-state index >= 15 is 0 Å². The number of tetrazole rings is 1. The quantitative estimate of drug-likeness (QED) is 0.237. The Balaban J connectivity index is 1.31. The van der Waals surface area contributed by atoms with Crippen LogP contribution in [-0.4, -0.2) is 43.0 Å². The highest BCUT2D eigenvalue weighted by Crippen LogP contribution is 2.43. The Morgan fingerprint density at radius 1 is 0.944 bits per heavy atom. The SMILES string of the molecule is O=P(O)(O)C(CCc1ccc2c(c1)OCO2)NC(Cc1ccc(-c2ccccc2)cc1)c1nnn[nH]1. The number of aromatic nitrogens is 4. The number of hydrogen-bond donors (Lipinski definition) is 4. The van der Waals surface area contributed by atoms with Crippen molar-refractivity contribution in [3.05, 3.63) is 89.7 Å². The van der Waals surface area contributed by atoms with Gasteiger partial charge in [0.25, 0.3) is 0 Å². The molecule has 2 unspecified atom stereocenters. The fourth-order valence-electron chi connectivity index (χ4n) is 4.23. The lowest BCUT2D eigenvalue weighted by Crippen LogP contribution is -2.35. The van der Waals surface area contributed by atoms with Crippen molar-refractivity contribution in [1.82, 2.24) is 25.9 Å². The van der Waals surface area contributed by atoms with Gasteiger partial charge in [0.05, 0.1) is 6.04 Å². The molecule has 1 aliphatic heterocycles. The molecule has 0 saturated carbocycles. The summed E-state index contributed by atoms with van der Waals surface area (Å²) in [6.07, 6.45) is 1.08. The number of benzene rings is 3. The van der Waals surface area contributed by atoms with Crippen LogP contribution in [0, 0.1) is 0 Å². The number of fused-ring (bicyclic) bond motifs is 1. The Morgan fingerprint density at radius 2 is 1.67 bits per heavy atom. The van der Waals surface area contributed by atoms with Crippen LogP contribution in [-0.2, 0) is 17.4 Å². The Bertz CT molecular complexity index is 1330. The predicted molar refractivity (Wildman–Crippen MR) is 132 cm³/mol. The first-order valence-electron chi connectivity index (χ1n) is 11.5. The molecule has 1 aliphatic rings. The molecule has 186 valence electrons. The molecule has 4 aromatic rings. The second-order valence-corrected chi connectivity index (χ2v) is 10.4. The predicted octanol–water partition coefficient (Wildman–Crippen LogP) is 3.61. The molecule has 36 heavy (non-hydrogen) atoms. The molecule has 2 heterocycles. The third-order valence-corrected chi connectivity index (χ3v) is 7.35. The fraction of sp³-hybridized carbons (Fsp3) is 0.240. The van der Waals surface area contributed by atoms with E-state index in [0.29, 0.717) is 30.2 Å². The minimum atomic E-state index is -4.49. The zero-order valence-electron chi connectivity index (χ0n) is 19.3. The fourth-order valence-corrected chi connectivity index (χ4v) is 5.07. The van der Waals surface area contributed by atoms with E-state index in [1.807, 2.05) is 66.7 Å². The molecular weight excluding hydrogens is 481 g/mol. The molecule has 5 rings (SSSR count). The molecule has 0 fully saturated rings. The van der Waals surface area contributed by atoms with Crippen LogP contribution in [0.3, 0.4) is 0 Å². The van der Waals surface area contributed by atoms with Gasteiger partial charge in [0, 0.05) is 0 Å². The lowest BCUT2D eigenvalue weighted by molar-refractivity contribution is 0.174. The molecule has 11 heteroatoms. The van der Waals surface area contributed by atoms with Crippen molar-refractivity contribution in [2.45, 2.75) is 31.1 Å². The summed E-state index contributed by atoms with van der Waals surface area (Å²) in [7, 11) is -4.49. The van der Waals surface area contributed by atoms with Crippen LogP contribution in [0.25, 0.3) is 11.1 Å².